The first-order valence-corrected chi connectivity index (χ1v) is 6.31. The van der Waals surface area contributed by atoms with Gasteiger partial charge >= 0.3 is 0 Å². The summed E-state index contributed by atoms with van der Waals surface area (Å²) in [5.74, 6) is 1.22. The summed E-state index contributed by atoms with van der Waals surface area (Å²) in [5, 5.41) is 3.15. The number of para-hydroxylation sites is 1. The van der Waals surface area contributed by atoms with Gasteiger partial charge in [0.15, 0.2) is 0 Å². The highest BCUT2D eigenvalue weighted by Crippen LogP contribution is 2.11. The average molecular weight is 245 g/mol. The lowest BCUT2D eigenvalue weighted by molar-refractivity contribution is 0.682. The number of hydrogen-bond donors (Lipinski definition) is 2. The van der Waals surface area contributed by atoms with Crippen molar-refractivity contribution in [2.75, 3.05) is 5.32 Å². The van der Waals surface area contributed by atoms with Crippen molar-refractivity contribution < 1.29 is 0 Å². The zero-order valence-electron chi connectivity index (χ0n) is 11.7. The van der Waals surface area contributed by atoms with Gasteiger partial charge in [0.1, 0.15) is 5.82 Å². The Bertz CT molecular complexity index is 430. The maximum Gasteiger partial charge on any atom is 0.122 e. The van der Waals surface area contributed by atoms with Crippen molar-refractivity contribution in [2.24, 2.45) is 16.6 Å². The molecule has 1 rings (SSSR count). The molecule has 0 aliphatic rings. The number of benzene rings is 1. The van der Waals surface area contributed by atoms with E-state index in [0.717, 1.165) is 23.5 Å². The second-order valence-corrected chi connectivity index (χ2v) is 4.94. The van der Waals surface area contributed by atoms with Gasteiger partial charge in [-0.1, -0.05) is 32.0 Å². The van der Waals surface area contributed by atoms with E-state index >= 15 is 0 Å². The lowest BCUT2D eigenvalue weighted by atomic mass is 10.1. The Labute approximate surface area is 110 Å². The number of aliphatic imine (C=N–C) groups is 1. The van der Waals surface area contributed by atoms with E-state index in [1.54, 1.807) is 0 Å². The third kappa shape index (κ3) is 5.04. The van der Waals surface area contributed by atoms with E-state index in [1.165, 1.54) is 0 Å². The molecule has 98 valence electrons. The monoisotopic (exact) mass is 245 g/mol. The molecule has 3 N–H and O–H groups in total. The van der Waals surface area contributed by atoms with Gasteiger partial charge in [0.05, 0.1) is 5.70 Å². The minimum Gasteiger partial charge on any atom is -0.384 e. The maximum absolute atomic E-state index is 5.99. The second-order valence-electron chi connectivity index (χ2n) is 4.94. The molecule has 3 nitrogen and oxygen atoms in total. The molecule has 1 aromatic carbocycles. The van der Waals surface area contributed by atoms with Gasteiger partial charge in [-0.15, -0.1) is 0 Å². The van der Waals surface area contributed by atoms with E-state index in [9.17, 15) is 0 Å². The quantitative estimate of drug-likeness (QED) is 0.776. The Morgan fingerprint density at radius 2 is 1.83 bits per heavy atom. The number of allylic oxidation sites excluding steroid dienone is 1. The Kier molecular flexibility index (Phi) is 5.43. The van der Waals surface area contributed by atoms with E-state index in [4.69, 9.17) is 5.73 Å². The number of hydrogen-bond acceptors (Lipinski definition) is 3. The van der Waals surface area contributed by atoms with Crippen LogP contribution in [0.3, 0.4) is 0 Å². The average Bonchev–Trinajstić information content (AvgIpc) is 2.28. The largest absolute Gasteiger partial charge is 0.384 e. The van der Waals surface area contributed by atoms with Gasteiger partial charge in [0.2, 0.25) is 0 Å². The zero-order valence-corrected chi connectivity index (χ0v) is 11.7. The fourth-order valence-electron chi connectivity index (χ4n) is 1.75. The van der Waals surface area contributed by atoms with E-state index in [1.807, 2.05) is 44.2 Å². The molecule has 0 aliphatic heterocycles. The minimum atomic E-state index is 0.601. The second kappa shape index (κ2) is 6.84. The van der Waals surface area contributed by atoms with Crippen LogP contribution in [0.25, 0.3) is 0 Å². The molecule has 0 unspecified atom stereocenters. The number of anilines is 1. The van der Waals surface area contributed by atoms with Crippen molar-refractivity contribution >= 4 is 11.4 Å². The topological polar surface area (TPSA) is 50.4 Å². The summed E-state index contributed by atoms with van der Waals surface area (Å²) in [6.45, 7) is 8.34. The highest BCUT2D eigenvalue weighted by molar-refractivity contribution is 5.83. The van der Waals surface area contributed by atoms with Crippen molar-refractivity contribution in [1.29, 1.82) is 0 Å². The Balaban J connectivity index is 2.73. The Morgan fingerprint density at radius 1 is 1.22 bits per heavy atom. The third-order valence-electron chi connectivity index (χ3n) is 2.50. The van der Waals surface area contributed by atoms with Gasteiger partial charge < -0.3 is 11.1 Å². The first-order chi connectivity index (χ1) is 8.49. The summed E-state index contributed by atoms with van der Waals surface area (Å²) in [7, 11) is 0. The molecule has 0 bridgehead atoms. The van der Waals surface area contributed by atoms with Crippen LogP contribution in [0.15, 0.2) is 46.8 Å². The van der Waals surface area contributed by atoms with Crippen LogP contribution in [0.2, 0.25) is 0 Å². The molecule has 0 amide bonds. The number of nitrogens with one attached hydrogen (secondary N) is 1. The zero-order chi connectivity index (χ0) is 13.5. The SMILES string of the molecule is CC(CC(C)C)=N/C(C)=C(\N)Nc1ccccc1. The summed E-state index contributed by atoms with van der Waals surface area (Å²) >= 11 is 0. The number of rotatable bonds is 5. The summed E-state index contributed by atoms with van der Waals surface area (Å²) < 4.78 is 0. The molecule has 0 aromatic heterocycles. The van der Waals surface area contributed by atoms with Crippen molar-refractivity contribution in [3.05, 3.63) is 41.8 Å². The van der Waals surface area contributed by atoms with Crippen LogP contribution in [-0.4, -0.2) is 5.71 Å². The molecule has 18 heavy (non-hydrogen) atoms. The third-order valence-corrected chi connectivity index (χ3v) is 2.50. The Hall–Kier alpha value is -1.77. The van der Waals surface area contributed by atoms with E-state index in [0.29, 0.717) is 11.7 Å². The molecule has 1 aromatic rings. The number of nitrogens with two attached hydrogens (primary N) is 1. The molecular weight excluding hydrogens is 222 g/mol. The normalized spacial score (nSPS) is 13.5. The summed E-state index contributed by atoms with van der Waals surface area (Å²) in [6, 6.07) is 9.87. The van der Waals surface area contributed by atoms with Crippen molar-refractivity contribution in [3.63, 3.8) is 0 Å². The first kappa shape index (κ1) is 14.3. The predicted octanol–water partition coefficient (Wildman–Crippen LogP) is 3.75. The van der Waals surface area contributed by atoms with Crippen LogP contribution in [0.1, 0.15) is 34.1 Å². The Morgan fingerprint density at radius 3 is 2.39 bits per heavy atom. The van der Waals surface area contributed by atoms with E-state index in [-0.39, 0.29) is 0 Å². The van der Waals surface area contributed by atoms with Gasteiger partial charge in [-0.2, -0.15) is 0 Å². The highest BCUT2D eigenvalue weighted by atomic mass is 15.0. The standard InChI is InChI=1S/C15H23N3/c1-11(2)10-12(3)17-13(4)15(16)18-14-8-6-5-7-9-14/h5-9,11,18H,10,16H2,1-4H3/b15-13+,17-12?. The smallest absolute Gasteiger partial charge is 0.122 e. The fraction of sp³-hybridized carbons (Fsp3) is 0.400. The summed E-state index contributed by atoms with van der Waals surface area (Å²) in [5.41, 5.74) is 8.91. The van der Waals surface area contributed by atoms with Crippen LogP contribution in [0, 0.1) is 5.92 Å². The highest BCUT2D eigenvalue weighted by Gasteiger charge is 2.00. The minimum absolute atomic E-state index is 0.601. The lowest BCUT2D eigenvalue weighted by Gasteiger charge is -2.09. The molecule has 0 aliphatic carbocycles. The summed E-state index contributed by atoms with van der Waals surface area (Å²) in [6.07, 6.45) is 0.996. The lowest BCUT2D eigenvalue weighted by Crippen LogP contribution is -2.11. The molecule has 0 fully saturated rings. The van der Waals surface area contributed by atoms with Crippen LogP contribution >= 0.6 is 0 Å². The van der Waals surface area contributed by atoms with Crippen molar-refractivity contribution in [2.45, 2.75) is 34.1 Å². The molecule has 0 saturated carbocycles. The number of nitrogens with zero attached hydrogens (tertiary/aromatic N) is 1. The molecule has 0 spiro atoms. The van der Waals surface area contributed by atoms with Gasteiger partial charge in [0.25, 0.3) is 0 Å². The molecule has 3 heteroatoms. The fourth-order valence-corrected chi connectivity index (χ4v) is 1.75. The van der Waals surface area contributed by atoms with Crippen molar-refractivity contribution in [1.82, 2.24) is 0 Å². The molecule has 0 radical (unpaired) electrons. The van der Waals surface area contributed by atoms with Crippen LogP contribution < -0.4 is 11.1 Å². The van der Waals surface area contributed by atoms with Crippen LogP contribution in [-0.2, 0) is 0 Å². The van der Waals surface area contributed by atoms with Crippen molar-refractivity contribution in [3.8, 4) is 0 Å². The van der Waals surface area contributed by atoms with Gasteiger partial charge in [0, 0.05) is 11.4 Å². The van der Waals surface area contributed by atoms with E-state index in [2.05, 4.69) is 24.2 Å². The van der Waals surface area contributed by atoms with Crippen LogP contribution in [0.5, 0.6) is 0 Å². The molecule has 0 atom stereocenters. The first-order valence-electron chi connectivity index (χ1n) is 6.31. The van der Waals surface area contributed by atoms with E-state index < -0.39 is 0 Å². The maximum atomic E-state index is 5.99. The molecular formula is C15H23N3. The van der Waals surface area contributed by atoms with Crippen LogP contribution in [0.4, 0.5) is 5.69 Å². The molecule has 0 saturated heterocycles. The van der Waals surface area contributed by atoms with Gasteiger partial charge in [-0.25, -0.2) is 0 Å². The molecule has 0 heterocycles. The van der Waals surface area contributed by atoms with Gasteiger partial charge in [-0.3, -0.25) is 4.99 Å². The summed E-state index contributed by atoms with van der Waals surface area (Å²) in [4.78, 5) is 4.52. The predicted molar refractivity (Wildman–Crippen MR) is 79.5 cm³/mol. The van der Waals surface area contributed by atoms with Gasteiger partial charge in [-0.05, 0) is 38.3 Å².